The summed E-state index contributed by atoms with van der Waals surface area (Å²) in [6.07, 6.45) is 5.02. The monoisotopic (exact) mass is 445 g/mol. The van der Waals surface area contributed by atoms with Crippen LogP contribution in [0.25, 0.3) is 0 Å². The third-order valence-electron chi connectivity index (χ3n) is 5.09. The second-order valence-electron chi connectivity index (χ2n) is 7.29. The quantitative estimate of drug-likeness (QED) is 0.427. The zero-order valence-electron chi connectivity index (χ0n) is 17.6. The number of anilines is 1. The Morgan fingerprint density at radius 3 is 2.56 bits per heavy atom. The molecule has 0 aliphatic carbocycles. The van der Waals surface area contributed by atoms with Crippen LogP contribution in [0.3, 0.4) is 0 Å². The number of benzene rings is 1. The van der Waals surface area contributed by atoms with E-state index < -0.39 is 6.04 Å². The molecule has 0 fully saturated rings. The molecule has 0 spiro atoms. The summed E-state index contributed by atoms with van der Waals surface area (Å²) in [4.78, 5) is 33.8. The summed E-state index contributed by atoms with van der Waals surface area (Å²) in [6, 6.07) is 17.7. The lowest BCUT2D eigenvalue weighted by Crippen LogP contribution is -2.44. The number of carbonyl (C=O) groups excluding carboxylic acids is 2. The normalized spacial score (nSPS) is 11.7. The molecular weight excluding hydrogens is 422 g/mol. The number of aromatic nitrogens is 1. The molecule has 4 rings (SSSR count). The van der Waals surface area contributed by atoms with Crippen molar-refractivity contribution in [3.8, 4) is 0 Å². The van der Waals surface area contributed by atoms with Gasteiger partial charge in [-0.25, -0.2) is 0 Å². The van der Waals surface area contributed by atoms with Gasteiger partial charge in [0.15, 0.2) is 0 Å². The van der Waals surface area contributed by atoms with E-state index in [-0.39, 0.29) is 24.8 Å². The number of carbonyl (C=O) groups is 2. The predicted molar refractivity (Wildman–Crippen MR) is 124 cm³/mol. The van der Waals surface area contributed by atoms with Gasteiger partial charge in [-0.15, -0.1) is 11.3 Å². The first-order valence-corrected chi connectivity index (χ1v) is 11.1. The van der Waals surface area contributed by atoms with Gasteiger partial charge in [0.2, 0.25) is 11.8 Å². The Morgan fingerprint density at radius 2 is 1.88 bits per heavy atom. The average molecular weight is 446 g/mol. The van der Waals surface area contributed by atoms with E-state index >= 15 is 0 Å². The number of aryl methyl sites for hydroxylation is 1. The van der Waals surface area contributed by atoms with Crippen molar-refractivity contribution in [3.63, 3.8) is 0 Å². The molecule has 6 nitrogen and oxygen atoms in total. The van der Waals surface area contributed by atoms with Gasteiger partial charge in [-0.1, -0.05) is 24.3 Å². The Balaban J connectivity index is 1.74. The summed E-state index contributed by atoms with van der Waals surface area (Å²) in [5.41, 5.74) is 2.29. The maximum Gasteiger partial charge on any atom is 0.248 e. The minimum atomic E-state index is -0.860. The van der Waals surface area contributed by atoms with Gasteiger partial charge in [0, 0.05) is 23.0 Å². The number of hydrogen-bond acceptors (Lipinski definition) is 5. The van der Waals surface area contributed by atoms with Crippen molar-refractivity contribution in [1.82, 2.24) is 10.3 Å². The molecule has 2 amide bonds. The van der Waals surface area contributed by atoms with Crippen LogP contribution in [0.1, 0.15) is 27.8 Å². The van der Waals surface area contributed by atoms with E-state index in [4.69, 9.17) is 4.42 Å². The molecule has 32 heavy (non-hydrogen) atoms. The molecular formula is C25H23N3O3S. The van der Waals surface area contributed by atoms with Crippen LogP contribution in [0.15, 0.2) is 89.1 Å². The number of amides is 2. The van der Waals surface area contributed by atoms with Crippen molar-refractivity contribution in [2.24, 2.45) is 0 Å². The van der Waals surface area contributed by atoms with Crippen LogP contribution >= 0.6 is 11.3 Å². The molecule has 0 saturated heterocycles. The van der Waals surface area contributed by atoms with Gasteiger partial charge >= 0.3 is 0 Å². The molecule has 7 heteroatoms. The van der Waals surface area contributed by atoms with Crippen molar-refractivity contribution < 1.29 is 14.0 Å². The predicted octanol–water partition coefficient (Wildman–Crippen LogP) is 4.68. The number of nitrogens with one attached hydrogen (secondary N) is 1. The summed E-state index contributed by atoms with van der Waals surface area (Å²) in [5.74, 6) is 0.186. The average Bonchev–Trinajstić information content (AvgIpc) is 3.51. The molecule has 0 saturated carbocycles. The molecule has 1 atom stereocenters. The van der Waals surface area contributed by atoms with E-state index in [0.717, 1.165) is 10.4 Å². The highest BCUT2D eigenvalue weighted by Crippen LogP contribution is 2.31. The number of nitrogens with zero attached hydrogens (tertiary/aromatic N) is 2. The molecule has 0 aliphatic heterocycles. The summed E-state index contributed by atoms with van der Waals surface area (Å²) in [6.45, 7) is 2.17. The fourth-order valence-electron chi connectivity index (χ4n) is 3.55. The van der Waals surface area contributed by atoms with Gasteiger partial charge < -0.3 is 9.73 Å². The topological polar surface area (TPSA) is 75.4 Å². The van der Waals surface area contributed by atoms with Gasteiger partial charge in [0.1, 0.15) is 11.8 Å². The zero-order chi connectivity index (χ0) is 22.3. The minimum absolute atomic E-state index is 0.156. The number of furan rings is 1. The largest absolute Gasteiger partial charge is 0.467 e. The summed E-state index contributed by atoms with van der Waals surface area (Å²) in [5, 5.41) is 4.86. The summed E-state index contributed by atoms with van der Waals surface area (Å²) in [7, 11) is 0. The first-order valence-electron chi connectivity index (χ1n) is 10.2. The number of para-hydroxylation sites is 1. The van der Waals surface area contributed by atoms with Crippen LogP contribution in [0.2, 0.25) is 0 Å². The SMILES string of the molecule is Cc1ccccc1N(C(=O)Cc1cccs1)[C@H](C(=O)NCc1ccco1)c1ccncc1. The van der Waals surface area contributed by atoms with Gasteiger partial charge in [0.05, 0.1) is 19.2 Å². The van der Waals surface area contributed by atoms with E-state index in [9.17, 15) is 9.59 Å². The third-order valence-corrected chi connectivity index (χ3v) is 5.97. The highest BCUT2D eigenvalue weighted by molar-refractivity contribution is 7.10. The summed E-state index contributed by atoms with van der Waals surface area (Å²) < 4.78 is 5.35. The molecule has 162 valence electrons. The number of rotatable bonds is 8. The van der Waals surface area contributed by atoms with Crippen molar-refractivity contribution in [2.45, 2.75) is 25.9 Å². The Kier molecular flexibility index (Phi) is 6.77. The number of thiophene rings is 1. The van der Waals surface area contributed by atoms with Gasteiger partial charge in [-0.3, -0.25) is 19.5 Å². The zero-order valence-corrected chi connectivity index (χ0v) is 18.4. The second kappa shape index (κ2) is 10.1. The molecule has 0 aliphatic rings. The van der Waals surface area contributed by atoms with Crippen molar-refractivity contribution in [2.75, 3.05) is 4.90 Å². The minimum Gasteiger partial charge on any atom is -0.467 e. The van der Waals surface area contributed by atoms with E-state index in [2.05, 4.69) is 10.3 Å². The summed E-state index contributed by atoms with van der Waals surface area (Å²) >= 11 is 1.52. The van der Waals surface area contributed by atoms with Gasteiger partial charge in [-0.2, -0.15) is 0 Å². The van der Waals surface area contributed by atoms with E-state index in [0.29, 0.717) is 17.0 Å². The van der Waals surface area contributed by atoms with Gasteiger partial charge in [-0.05, 0) is 59.8 Å². The lowest BCUT2D eigenvalue weighted by atomic mass is 10.0. The van der Waals surface area contributed by atoms with Crippen LogP contribution in [-0.2, 0) is 22.6 Å². The number of hydrogen-bond donors (Lipinski definition) is 1. The molecule has 0 bridgehead atoms. The van der Waals surface area contributed by atoms with E-state index in [1.165, 1.54) is 11.3 Å². The van der Waals surface area contributed by atoms with Crippen molar-refractivity contribution in [1.29, 1.82) is 0 Å². The third kappa shape index (κ3) is 4.95. The van der Waals surface area contributed by atoms with Gasteiger partial charge in [0.25, 0.3) is 0 Å². The fourth-order valence-corrected chi connectivity index (χ4v) is 4.24. The number of pyridine rings is 1. The van der Waals surface area contributed by atoms with Crippen LogP contribution in [0, 0.1) is 6.92 Å². The van der Waals surface area contributed by atoms with Crippen molar-refractivity contribution in [3.05, 3.63) is 106 Å². The smallest absolute Gasteiger partial charge is 0.248 e. The lowest BCUT2D eigenvalue weighted by molar-refractivity contribution is -0.126. The van der Waals surface area contributed by atoms with Crippen molar-refractivity contribution >= 4 is 28.8 Å². The molecule has 4 aromatic rings. The highest BCUT2D eigenvalue weighted by atomic mass is 32.1. The standard InChI is InChI=1S/C25H23N3O3S/c1-18-6-2-3-9-22(18)28(23(29)16-21-8-5-15-32-21)24(19-10-12-26-13-11-19)25(30)27-17-20-7-4-14-31-20/h2-15,24H,16-17H2,1H3,(H,27,30)/t24-/m0/s1. The Bertz CT molecular complexity index is 1160. The fraction of sp³-hybridized carbons (Fsp3) is 0.160. The Hall–Kier alpha value is -3.71. The lowest BCUT2D eigenvalue weighted by Gasteiger charge is -2.32. The van der Waals surface area contributed by atoms with Crippen LogP contribution in [0.4, 0.5) is 5.69 Å². The van der Waals surface area contributed by atoms with E-state index in [1.807, 2.05) is 48.7 Å². The molecule has 3 heterocycles. The molecule has 0 radical (unpaired) electrons. The Morgan fingerprint density at radius 1 is 1.06 bits per heavy atom. The van der Waals surface area contributed by atoms with Crippen LogP contribution < -0.4 is 10.2 Å². The first-order chi connectivity index (χ1) is 15.6. The van der Waals surface area contributed by atoms with Crippen LogP contribution in [0.5, 0.6) is 0 Å². The maximum absolute atomic E-state index is 13.6. The Labute approximate surface area is 190 Å². The highest BCUT2D eigenvalue weighted by Gasteiger charge is 2.33. The second-order valence-corrected chi connectivity index (χ2v) is 8.32. The molecule has 0 unspecified atom stereocenters. The van der Waals surface area contributed by atoms with E-state index in [1.54, 1.807) is 47.8 Å². The molecule has 1 N–H and O–H groups in total. The van der Waals surface area contributed by atoms with Crippen LogP contribution in [-0.4, -0.2) is 16.8 Å². The molecule has 1 aromatic carbocycles. The maximum atomic E-state index is 13.6. The first kappa shape index (κ1) is 21.5. The molecule has 3 aromatic heterocycles.